The zero-order chi connectivity index (χ0) is 13.2. The molecule has 102 valence electrons. The van der Waals surface area contributed by atoms with E-state index in [1.165, 1.54) is 25.7 Å². The van der Waals surface area contributed by atoms with E-state index >= 15 is 0 Å². The molecule has 0 spiro atoms. The molecule has 1 N–H and O–H groups in total. The Kier molecular flexibility index (Phi) is 2.25. The van der Waals surface area contributed by atoms with Gasteiger partial charge in [-0.05, 0) is 48.9 Å². The van der Waals surface area contributed by atoms with Crippen molar-refractivity contribution in [1.82, 2.24) is 10.2 Å². The Labute approximate surface area is 116 Å². The maximum atomic E-state index is 3.47. The predicted octanol–water partition coefficient (Wildman–Crippen LogP) is 3.20. The largest absolute Gasteiger partial charge is 0.391 e. The summed E-state index contributed by atoms with van der Waals surface area (Å²) in [6.07, 6.45) is 9.70. The molecular formula is C17H24N2. The van der Waals surface area contributed by atoms with Gasteiger partial charge >= 0.3 is 0 Å². The molecule has 19 heavy (non-hydrogen) atoms. The minimum atomic E-state index is 0.245. The van der Waals surface area contributed by atoms with Crippen molar-refractivity contribution in [2.45, 2.75) is 45.6 Å². The molecule has 4 aliphatic rings. The number of nitrogens with one attached hydrogen (secondary N) is 1. The first-order valence-electron chi connectivity index (χ1n) is 7.72. The maximum Gasteiger partial charge on any atom is 0.0361 e. The second-order valence-corrected chi connectivity index (χ2v) is 6.87. The smallest absolute Gasteiger partial charge is 0.0361 e. The average molecular weight is 256 g/mol. The molecule has 0 fully saturated rings. The molecule has 0 radical (unpaired) electrons. The highest BCUT2D eigenvalue weighted by molar-refractivity contribution is 5.51. The molecule has 5 bridgehead atoms. The predicted molar refractivity (Wildman–Crippen MR) is 78.5 cm³/mol. The Morgan fingerprint density at radius 1 is 1.26 bits per heavy atom. The zero-order valence-electron chi connectivity index (χ0n) is 12.3. The van der Waals surface area contributed by atoms with E-state index in [-0.39, 0.29) is 5.41 Å². The first-order valence-corrected chi connectivity index (χ1v) is 7.72. The Balaban J connectivity index is 1.99. The van der Waals surface area contributed by atoms with Gasteiger partial charge in [-0.1, -0.05) is 25.5 Å². The third-order valence-electron chi connectivity index (χ3n) is 6.27. The van der Waals surface area contributed by atoms with Crippen molar-refractivity contribution < 1.29 is 0 Å². The van der Waals surface area contributed by atoms with Gasteiger partial charge in [-0.15, -0.1) is 0 Å². The molecule has 0 aromatic heterocycles. The minimum Gasteiger partial charge on any atom is -0.391 e. The fraction of sp³-hybridized carbons (Fsp3) is 0.647. The second kappa shape index (κ2) is 3.68. The number of nitrogens with zero attached hydrogens (tertiary/aromatic N) is 1. The van der Waals surface area contributed by atoms with Gasteiger partial charge in [0, 0.05) is 30.7 Å². The second-order valence-electron chi connectivity index (χ2n) is 6.87. The maximum absolute atomic E-state index is 3.47. The number of hydrogen-bond acceptors (Lipinski definition) is 2. The van der Waals surface area contributed by atoms with Gasteiger partial charge in [-0.3, -0.25) is 0 Å². The number of hydrogen-bond donors (Lipinski definition) is 1. The van der Waals surface area contributed by atoms with Crippen LogP contribution in [0.1, 0.15) is 39.5 Å². The Morgan fingerprint density at radius 2 is 2.11 bits per heavy atom. The van der Waals surface area contributed by atoms with Gasteiger partial charge in [-0.2, -0.15) is 0 Å². The fourth-order valence-electron chi connectivity index (χ4n) is 4.93. The Bertz CT molecular complexity index is 525. The van der Waals surface area contributed by atoms with Crippen LogP contribution in [0.2, 0.25) is 0 Å². The first-order chi connectivity index (χ1) is 9.13. The van der Waals surface area contributed by atoms with Gasteiger partial charge in [0.15, 0.2) is 0 Å². The summed E-state index contributed by atoms with van der Waals surface area (Å²) >= 11 is 0. The lowest BCUT2D eigenvalue weighted by atomic mass is 9.65. The standard InChI is InChI=1S/C17H24N2/c1-11-16-10-13-12-6-8-18-9-7-17(11,2)14(12)4-5-15(13)19(16)3/h7,9,11,16,18H,4-6,8,10H2,1-3H3. The van der Waals surface area contributed by atoms with Gasteiger partial charge in [0.25, 0.3) is 0 Å². The zero-order valence-corrected chi connectivity index (χ0v) is 12.3. The third kappa shape index (κ3) is 1.32. The van der Waals surface area contributed by atoms with Crippen molar-refractivity contribution in [1.29, 1.82) is 0 Å². The van der Waals surface area contributed by atoms with Crippen molar-refractivity contribution in [2.75, 3.05) is 13.6 Å². The normalized spacial score (nSPS) is 40.3. The summed E-state index contributed by atoms with van der Waals surface area (Å²) in [7, 11) is 2.32. The van der Waals surface area contributed by atoms with Crippen LogP contribution < -0.4 is 5.32 Å². The fourth-order valence-corrected chi connectivity index (χ4v) is 4.93. The van der Waals surface area contributed by atoms with E-state index in [2.05, 4.69) is 43.4 Å². The number of allylic oxidation sites excluding steroid dienone is 3. The van der Waals surface area contributed by atoms with E-state index < -0.39 is 0 Å². The molecule has 2 aliphatic heterocycles. The minimum absolute atomic E-state index is 0.245. The van der Waals surface area contributed by atoms with Crippen LogP contribution in [0.5, 0.6) is 0 Å². The van der Waals surface area contributed by atoms with E-state index in [9.17, 15) is 0 Å². The van der Waals surface area contributed by atoms with Crippen molar-refractivity contribution >= 4 is 0 Å². The SMILES string of the molecule is CC1C2CC3=C(CCC4=C3CCNC=CC41C)N2C. The van der Waals surface area contributed by atoms with Crippen LogP contribution in [0.3, 0.4) is 0 Å². The summed E-state index contributed by atoms with van der Waals surface area (Å²) in [5.74, 6) is 0.689. The lowest BCUT2D eigenvalue weighted by molar-refractivity contribution is 0.160. The summed E-state index contributed by atoms with van der Waals surface area (Å²) in [6.45, 7) is 6.02. The molecule has 0 saturated carbocycles. The first kappa shape index (κ1) is 11.6. The molecule has 0 saturated heterocycles. The van der Waals surface area contributed by atoms with Gasteiger partial charge < -0.3 is 10.2 Å². The Morgan fingerprint density at radius 3 is 2.95 bits per heavy atom. The van der Waals surface area contributed by atoms with Crippen molar-refractivity contribution in [3.63, 3.8) is 0 Å². The van der Waals surface area contributed by atoms with Crippen LogP contribution in [0.4, 0.5) is 0 Å². The van der Waals surface area contributed by atoms with Crippen molar-refractivity contribution in [3.8, 4) is 0 Å². The van der Waals surface area contributed by atoms with E-state index in [4.69, 9.17) is 0 Å². The van der Waals surface area contributed by atoms with Gasteiger partial charge in [0.05, 0.1) is 0 Å². The molecule has 0 aromatic carbocycles. The molecule has 3 atom stereocenters. The highest BCUT2D eigenvalue weighted by atomic mass is 15.2. The quantitative estimate of drug-likeness (QED) is 0.716. The summed E-state index contributed by atoms with van der Waals surface area (Å²) in [4.78, 5) is 2.61. The highest BCUT2D eigenvalue weighted by Gasteiger charge is 2.49. The molecule has 2 heteroatoms. The van der Waals surface area contributed by atoms with Gasteiger partial charge in [-0.25, -0.2) is 0 Å². The number of likely N-dealkylation sites (tertiary alicyclic amines) is 1. The third-order valence-corrected chi connectivity index (χ3v) is 6.27. The highest BCUT2D eigenvalue weighted by Crippen LogP contribution is 2.57. The van der Waals surface area contributed by atoms with Crippen LogP contribution in [-0.4, -0.2) is 24.5 Å². The topological polar surface area (TPSA) is 15.3 Å². The van der Waals surface area contributed by atoms with Crippen LogP contribution in [0.25, 0.3) is 0 Å². The monoisotopic (exact) mass is 256 g/mol. The molecule has 2 nitrogen and oxygen atoms in total. The summed E-state index contributed by atoms with van der Waals surface area (Å²) in [5.41, 5.74) is 7.07. The van der Waals surface area contributed by atoms with Gasteiger partial charge in [0.2, 0.25) is 0 Å². The van der Waals surface area contributed by atoms with Crippen molar-refractivity contribution in [2.24, 2.45) is 11.3 Å². The van der Waals surface area contributed by atoms with Crippen LogP contribution in [-0.2, 0) is 0 Å². The Hall–Kier alpha value is -1.18. The molecule has 0 amide bonds. The van der Waals surface area contributed by atoms with Gasteiger partial charge in [0.1, 0.15) is 0 Å². The van der Waals surface area contributed by atoms with E-state index in [1.54, 1.807) is 22.4 Å². The lowest BCUT2D eigenvalue weighted by Crippen LogP contribution is -2.43. The number of fused-ring (bicyclic) bond motifs is 1. The van der Waals surface area contributed by atoms with Crippen LogP contribution in [0.15, 0.2) is 34.7 Å². The molecule has 2 heterocycles. The van der Waals surface area contributed by atoms with Crippen molar-refractivity contribution in [3.05, 3.63) is 34.7 Å². The average Bonchev–Trinajstić information content (AvgIpc) is 2.69. The molecule has 4 rings (SSSR count). The molecule has 2 aliphatic carbocycles. The summed E-state index contributed by atoms with van der Waals surface area (Å²) in [6, 6.07) is 0.700. The van der Waals surface area contributed by atoms with Crippen LogP contribution in [0, 0.1) is 11.3 Å². The summed E-state index contributed by atoms with van der Waals surface area (Å²) < 4.78 is 0. The number of rotatable bonds is 0. The van der Waals surface area contributed by atoms with E-state index in [0.29, 0.717) is 12.0 Å². The summed E-state index contributed by atoms with van der Waals surface area (Å²) in [5, 5.41) is 3.47. The molecule has 3 unspecified atom stereocenters. The molecule has 0 aromatic rings. The van der Waals surface area contributed by atoms with Crippen LogP contribution >= 0.6 is 0 Å². The lowest BCUT2D eigenvalue weighted by Gasteiger charge is -2.46. The van der Waals surface area contributed by atoms with E-state index in [1.807, 2.05) is 0 Å². The molecular weight excluding hydrogens is 232 g/mol. The van der Waals surface area contributed by atoms with E-state index in [0.717, 1.165) is 6.54 Å².